The molecule has 0 saturated heterocycles. The van der Waals surface area contributed by atoms with Gasteiger partial charge in [-0.2, -0.15) is 0 Å². The number of benzene rings is 1. The number of thiocarbonyl (C=S) groups is 1. The Balaban J connectivity index is 2.14. The number of nitrogens with two attached hydrogens (primary N) is 1. The second kappa shape index (κ2) is 7.20. The molecule has 3 nitrogen and oxygen atoms in total. The monoisotopic (exact) mass is 223 g/mol. The predicted octanol–water partition coefficient (Wildman–Crippen LogP) is 0.652. The molecule has 15 heavy (non-hydrogen) atoms. The largest absolute Gasteiger partial charge is 0.362 e. The fourth-order valence-electron chi connectivity index (χ4n) is 1.21. The molecule has 1 aromatic carbocycles. The predicted molar refractivity (Wildman–Crippen MR) is 67.8 cm³/mol. The van der Waals surface area contributed by atoms with Crippen LogP contribution in [0, 0.1) is 0 Å². The van der Waals surface area contributed by atoms with Crippen molar-refractivity contribution in [3.8, 4) is 0 Å². The lowest BCUT2D eigenvalue weighted by molar-refractivity contribution is 0.807. The quantitative estimate of drug-likeness (QED) is 0.642. The minimum Gasteiger partial charge on any atom is -0.362 e. The van der Waals surface area contributed by atoms with E-state index in [0.717, 1.165) is 19.5 Å². The van der Waals surface area contributed by atoms with Crippen LogP contribution in [0.15, 0.2) is 30.3 Å². The van der Waals surface area contributed by atoms with Gasteiger partial charge in [-0.15, -0.1) is 0 Å². The van der Waals surface area contributed by atoms with E-state index >= 15 is 0 Å². The molecule has 4 heteroatoms. The highest BCUT2D eigenvalue weighted by atomic mass is 32.1. The smallest absolute Gasteiger partial charge is 0.166 e. The van der Waals surface area contributed by atoms with Crippen molar-refractivity contribution in [1.82, 2.24) is 10.6 Å². The van der Waals surface area contributed by atoms with E-state index in [-0.39, 0.29) is 0 Å². The van der Waals surface area contributed by atoms with Gasteiger partial charge in [-0.25, -0.2) is 0 Å². The Labute approximate surface area is 96.1 Å². The molecule has 0 aliphatic rings. The van der Waals surface area contributed by atoms with Crippen molar-refractivity contribution in [3.63, 3.8) is 0 Å². The molecular formula is C11H17N3S. The molecule has 0 aliphatic heterocycles. The molecule has 0 aromatic heterocycles. The van der Waals surface area contributed by atoms with Crippen LogP contribution in [0.25, 0.3) is 0 Å². The van der Waals surface area contributed by atoms with Crippen LogP contribution in [0.4, 0.5) is 0 Å². The normalized spacial score (nSPS) is 9.67. The highest BCUT2D eigenvalue weighted by Crippen LogP contribution is 1.97. The fraction of sp³-hybridized carbons (Fsp3) is 0.364. The van der Waals surface area contributed by atoms with Crippen molar-refractivity contribution in [2.45, 2.75) is 6.42 Å². The lowest BCUT2D eigenvalue weighted by Gasteiger charge is -2.09. The van der Waals surface area contributed by atoms with Crippen LogP contribution in [-0.4, -0.2) is 24.7 Å². The van der Waals surface area contributed by atoms with Crippen molar-refractivity contribution >= 4 is 17.3 Å². The molecule has 0 spiro atoms. The minimum absolute atomic E-state index is 0.598. The lowest BCUT2D eigenvalue weighted by atomic mass is 10.1. The molecule has 0 fully saturated rings. The topological polar surface area (TPSA) is 50.1 Å². The van der Waals surface area contributed by atoms with Crippen molar-refractivity contribution in [1.29, 1.82) is 0 Å². The van der Waals surface area contributed by atoms with E-state index in [4.69, 9.17) is 18.0 Å². The third-order valence-electron chi connectivity index (χ3n) is 1.97. The molecule has 4 N–H and O–H groups in total. The van der Waals surface area contributed by atoms with Gasteiger partial charge < -0.3 is 16.4 Å². The molecular weight excluding hydrogens is 206 g/mol. The standard InChI is InChI=1S/C11H17N3S/c12-7-9-14-11(15)13-8-6-10-4-2-1-3-5-10/h1-5H,6-9,12H2,(H2,13,14,15). The van der Waals surface area contributed by atoms with E-state index in [1.807, 2.05) is 18.2 Å². The summed E-state index contributed by atoms with van der Waals surface area (Å²) >= 11 is 5.06. The first-order valence-corrected chi connectivity index (χ1v) is 5.49. The maximum absolute atomic E-state index is 5.35. The average molecular weight is 223 g/mol. The zero-order valence-corrected chi connectivity index (χ0v) is 9.52. The van der Waals surface area contributed by atoms with Gasteiger partial charge in [0.25, 0.3) is 0 Å². The molecule has 0 aliphatic carbocycles. The SMILES string of the molecule is NCCNC(=S)NCCc1ccccc1. The molecule has 1 aromatic rings. The first-order chi connectivity index (χ1) is 7.33. The van der Waals surface area contributed by atoms with Gasteiger partial charge >= 0.3 is 0 Å². The van der Waals surface area contributed by atoms with Crippen LogP contribution < -0.4 is 16.4 Å². The first kappa shape index (κ1) is 11.9. The van der Waals surface area contributed by atoms with Gasteiger partial charge in [0.1, 0.15) is 0 Å². The van der Waals surface area contributed by atoms with E-state index in [1.54, 1.807) is 0 Å². The Kier molecular flexibility index (Phi) is 5.73. The summed E-state index contributed by atoms with van der Waals surface area (Å²) in [4.78, 5) is 0. The van der Waals surface area contributed by atoms with E-state index in [1.165, 1.54) is 5.56 Å². The summed E-state index contributed by atoms with van der Waals surface area (Å²) in [6, 6.07) is 10.3. The first-order valence-electron chi connectivity index (χ1n) is 5.08. The van der Waals surface area contributed by atoms with Crippen LogP contribution in [0.1, 0.15) is 5.56 Å². The summed E-state index contributed by atoms with van der Waals surface area (Å²) in [5.74, 6) is 0. The number of hydrogen-bond donors (Lipinski definition) is 3. The van der Waals surface area contributed by atoms with Crippen LogP contribution in [0.3, 0.4) is 0 Å². The van der Waals surface area contributed by atoms with Crippen molar-refractivity contribution in [3.05, 3.63) is 35.9 Å². The average Bonchev–Trinajstić information content (AvgIpc) is 2.28. The third-order valence-corrected chi connectivity index (χ3v) is 2.26. The molecule has 0 radical (unpaired) electrons. The summed E-state index contributed by atoms with van der Waals surface area (Å²) in [6.07, 6.45) is 0.977. The fourth-order valence-corrected chi connectivity index (χ4v) is 1.42. The van der Waals surface area contributed by atoms with Crippen molar-refractivity contribution in [2.24, 2.45) is 5.73 Å². The molecule has 0 heterocycles. The van der Waals surface area contributed by atoms with Crippen molar-refractivity contribution in [2.75, 3.05) is 19.6 Å². The number of rotatable bonds is 5. The lowest BCUT2D eigenvalue weighted by Crippen LogP contribution is -2.38. The van der Waals surface area contributed by atoms with Gasteiger partial charge in [0.05, 0.1) is 0 Å². The van der Waals surface area contributed by atoms with Gasteiger partial charge in [-0.3, -0.25) is 0 Å². The highest BCUT2D eigenvalue weighted by Gasteiger charge is 1.94. The summed E-state index contributed by atoms with van der Waals surface area (Å²) in [6.45, 7) is 2.16. The summed E-state index contributed by atoms with van der Waals surface area (Å²) < 4.78 is 0. The summed E-state index contributed by atoms with van der Waals surface area (Å²) in [5, 5.41) is 6.82. The van der Waals surface area contributed by atoms with Gasteiger partial charge in [-0.05, 0) is 24.2 Å². The third kappa shape index (κ3) is 5.34. The molecule has 0 bridgehead atoms. The zero-order valence-electron chi connectivity index (χ0n) is 8.70. The number of nitrogens with one attached hydrogen (secondary N) is 2. The summed E-state index contributed by atoms with van der Waals surface area (Å²) in [7, 11) is 0. The maximum atomic E-state index is 5.35. The Morgan fingerprint density at radius 2 is 1.80 bits per heavy atom. The molecule has 0 atom stereocenters. The van der Waals surface area contributed by atoms with E-state index in [0.29, 0.717) is 11.7 Å². The molecule has 1 rings (SSSR count). The van der Waals surface area contributed by atoms with E-state index < -0.39 is 0 Å². The second-order valence-electron chi connectivity index (χ2n) is 3.21. The molecule has 82 valence electrons. The number of hydrogen-bond acceptors (Lipinski definition) is 2. The van der Waals surface area contributed by atoms with Crippen LogP contribution in [0.2, 0.25) is 0 Å². The van der Waals surface area contributed by atoms with Crippen LogP contribution in [-0.2, 0) is 6.42 Å². The Morgan fingerprint density at radius 1 is 1.13 bits per heavy atom. The Morgan fingerprint density at radius 3 is 2.47 bits per heavy atom. The maximum Gasteiger partial charge on any atom is 0.166 e. The molecule has 0 saturated carbocycles. The van der Waals surface area contributed by atoms with Gasteiger partial charge in [-0.1, -0.05) is 30.3 Å². The van der Waals surface area contributed by atoms with Gasteiger partial charge in [0.15, 0.2) is 5.11 Å². The zero-order chi connectivity index (χ0) is 10.9. The van der Waals surface area contributed by atoms with Crippen LogP contribution in [0.5, 0.6) is 0 Å². The second-order valence-corrected chi connectivity index (χ2v) is 3.62. The van der Waals surface area contributed by atoms with Crippen molar-refractivity contribution < 1.29 is 0 Å². The molecule has 0 amide bonds. The van der Waals surface area contributed by atoms with Gasteiger partial charge in [0.2, 0.25) is 0 Å². The van der Waals surface area contributed by atoms with Gasteiger partial charge in [0, 0.05) is 19.6 Å². The Hall–Kier alpha value is -1.13. The van der Waals surface area contributed by atoms with Crippen LogP contribution >= 0.6 is 12.2 Å². The van der Waals surface area contributed by atoms with E-state index in [9.17, 15) is 0 Å². The summed E-state index contributed by atoms with van der Waals surface area (Å²) in [5.41, 5.74) is 6.66. The Bertz CT molecular complexity index is 287. The molecule has 0 unspecified atom stereocenters. The van der Waals surface area contributed by atoms with E-state index in [2.05, 4.69) is 22.8 Å². The highest BCUT2D eigenvalue weighted by molar-refractivity contribution is 7.80. The minimum atomic E-state index is 0.598.